The molecule has 2 N–H and O–H groups in total. The molecule has 1 heterocycles. The Bertz CT molecular complexity index is 345. The number of nitrogens with one attached hydrogen (secondary N) is 2. The van der Waals surface area contributed by atoms with Crippen LogP contribution in [0.1, 0.15) is 47.0 Å². The fourth-order valence-corrected chi connectivity index (χ4v) is 2.65. The topological polar surface area (TPSA) is 75.3 Å². The van der Waals surface area contributed by atoms with E-state index in [1.807, 2.05) is 13.8 Å². The highest BCUT2D eigenvalue weighted by atomic mass is 16.2. The Kier molecular flexibility index (Phi) is 4.48. The molecular formula is C13H22N2O3. The molecule has 102 valence electrons. The van der Waals surface area contributed by atoms with Crippen molar-refractivity contribution in [1.29, 1.82) is 0 Å². The molecular weight excluding hydrogens is 232 g/mol. The molecule has 1 aliphatic heterocycles. The molecule has 1 fully saturated rings. The van der Waals surface area contributed by atoms with Gasteiger partial charge in [0.2, 0.25) is 11.8 Å². The largest absolute Gasteiger partial charge is 0.328 e. The molecule has 1 saturated heterocycles. The van der Waals surface area contributed by atoms with Crippen LogP contribution < -0.4 is 10.6 Å². The van der Waals surface area contributed by atoms with Crippen LogP contribution in [-0.2, 0) is 9.59 Å². The molecule has 0 spiro atoms. The first-order valence-corrected chi connectivity index (χ1v) is 6.55. The summed E-state index contributed by atoms with van der Waals surface area (Å²) < 4.78 is 0. The van der Waals surface area contributed by atoms with Gasteiger partial charge in [0.05, 0.1) is 0 Å². The lowest BCUT2D eigenvalue weighted by Gasteiger charge is -2.38. The Hall–Kier alpha value is -1.39. The first-order valence-electron chi connectivity index (χ1n) is 6.55. The Balaban J connectivity index is 2.99. The monoisotopic (exact) mass is 254 g/mol. The molecule has 4 amide bonds. The number of amides is 4. The molecule has 0 aliphatic carbocycles. The molecule has 18 heavy (non-hydrogen) atoms. The van der Waals surface area contributed by atoms with E-state index < -0.39 is 23.3 Å². The van der Waals surface area contributed by atoms with E-state index in [4.69, 9.17) is 0 Å². The summed E-state index contributed by atoms with van der Waals surface area (Å²) in [5, 5.41) is 4.43. The Morgan fingerprint density at radius 1 is 1.06 bits per heavy atom. The molecule has 0 radical (unpaired) electrons. The second-order valence-electron chi connectivity index (χ2n) is 5.21. The number of hydrogen-bond acceptors (Lipinski definition) is 3. The number of carbonyl (C=O) groups is 3. The van der Waals surface area contributed by atoms with Crippen molar-refractivity contribution in [2.24, 2.45) is 17.3 Å². The highest BCUT2D eigenvalue weighted by molar-refractivity contribution is 6.19. The highest BCUT2D eigenvalue weighted by Gasteiger charge is 2.52. The van der Waals surface area contributed by atoms with E-state index in [1.54, 1.807) is 0 Å². The van der Waals surface area contributed by atoms with Gasteiger partial charge in [0.25, 0.3) is 0 Å². The van der Waals surface area contributed by atoms with E-state index in [9.17, 15) is 14.4 Å². The van der Waals surface area contributed by atoms with Gasteiger partial charge in [0.15, 0.2) is 0 Å². The fourth-order valence-electron chi connectivity index (χ4n) is 2.65. The summed E-state index contributed by atoms with van der Waals surface area (Å²) in [5.41, 5.74) is -1.11. The highest BCUT2D eigenvalue weighted by Crippen LogP contribution is 2.38. The lowest BCUT2D eigenvalue weighted by molar-refractivity contribution is -0.148. The fraction of sp³-hybridized carbons (Fsp3) is 0.769. The standard InChI is InChI=1S/C13H22N2O3/c1-5-8(3)7-9(4)13(6-2)10(16)14-12(18)15-11(13)17/h8-9H,5-7H2,1-4H3,(H2,14,15,16,17,18). The Morgan fingerprint density at radius 3 is 1.94 bits per heavy atom. The second-order valence-corrected chi connectivity index (χ2v) is 5.21. The van der Waals surface area contributed by atoms with E-state index in [2.05, 4.69) is 24.5 Å². The van der Waals surface area contributed by atoms with Gasteiger partial charge in [-0.1, -0.05) is 34.1 Å². The first kappa shape index (κ1) is 14.7. The van der Waals surface area contributed by atoms with E-state index in [0.29, 0.717) is 12.3 Å². The maximum absolute atomic E-state index is 12.1. The number of hydrogen-bond donors (Lipinski definition) is 2. The van der Waals surface area contributed by atoms with Crippen molar-refractivity contribution >= 4 is 17.8 Å². The van der Waals surface area contributed by atoms with Crippen LogP contribution in [0.3, 0.4) is 0 Å². The summed E-state index contributed by atoms with van der Waals surface area (Å²) in [5.74, 6) is -0.573. The molecule has 0 saturated carbocycles. The van der Waals surface area contributed by atoms with Gasteiger partial charge < -0.3 is 0 Å². The molecule has 0 bridgehead atoms. The molecule has 0 aromatic carbocycles. The van der Waals surface area contributed by atoms with Gasteiger partial charge in [-0.05, 0) is 24.7 Å². The number of rotatable bonds is 5. The zero-order chi connectivity index (χ0) is 13.9. The molecule has 2 unspecified atom stereocenters. The predicted molar refractivity (Wildman–Crippen MR) is 67.6 cm³/mol. The summed E-state index contributed by atoms with van der Waals surface area (Å²) >= 11 is 0. The van der Waals surface area contributed by atoms with Gasteiger partial charge >= 0.3 is 6.03 Å². The quantitative estimate of drug-likeness (QED) is 0.735. The first-order chi connectivity index (χ1) is 8.38. The van der Waals surface area contributed by atoms with Gasteiger partial charge in [-0.3, -0.25) is 20.2 Å². The van der Waals surface area contributed by atoms with Crippen molar-refractivity contribution in [2.45, 2.75) is 47.0 Å². The maximum Gasteiger partial charge on any atom is 0.328 e. The summed E-state index contributed by atoms with van der Waals surface area (Å²) in [7, 11) is 0. The van der Waals surface area contributed by atoms with E-state index in [0.717, 1.165) is 12.8 Å². The molecule has 0 aromatic rings. The van der Waals surface area contributed by atoms with Crippen LogP contribution in [0.5, 0.6) is 0 Å². The number of imide groups is 2. The molecule has 0 aromatic heterocycles. The third kappa shape index (κ3) is 2.40. The molecule has 1 rings (SSSR count). The minimum absolute atomic E-state index is 0.0921. The van der Waals surface area contributed by atoms with Crippen LogP contribution >= 0.6 is 0 Å². The van der Waals surface area contributed by atoms with Crippen LogP contribution in [0.2, 0.25) is 0 Å². The van der Waals surface area contributed by atoms with E-state index >= 15 is 0 Å². The van der Waals surface area contributed by atoms with E-state index in [1.165, 1.54) is 0 Å². The average molecular weight is 254 g/mol. The number of barbiturate groups is 1. The van der Waals surface area contributed by atoms with Gasteiger partial charge in [0, 0.05) is 0 Å². The molecule has 5 nitrogen and oxygen atoms in total. The van der Waals surface area contributed by atoms with Crippen molar-refractivity contribution in [2.75, 3.05) is 0 Å². The zero-order valence-corrected chi connectivity index (χ0v) is 11.5. The Labute approximate surface area is 108 Å². The van der Waals surface area contributed by atoms with Crippen molar-refractivity contribution < 1.29 is 14.4 Å². The van der Waals surface area contributed by atoms with Crippen LogP contribution in [-0.4, -0.2) is 17.8 Å². The lowest BCUT2D eigenvalue weighted by atomic mass is 9.68. The smallest absolute Gasteiger partial charge is 0.277 e. The van der Waals surface area contributed by atoms with Crippen LogP contribution in [0.25, 0.3) is 0 Å². The van der Waals surface area contributed by atoms with E-state index in [-0.39, 0.29) is 5.92 Å². The number of carbonyl (C=O) groups excluding carboxylic acids is 3. The molecule has 1 aliphatic rings. The molecule has 2 atom stereocenters. The van der Waals surface area contributed by atoms with Gasteiger partial charge in [-0.15, -0.1) is 0 Å². The molecule has 5 heteroatoms. The second kappa shape index (κ2) is 5.50. The number of urea groups is 1. The third-order valence-electron chi connectivity index (χ3n) is 4.12. The normalized spacial score (nSPS) is 22.1. The van der Waals surface area contributed by atoms with Gasteiger partial charge in [0.1, 0.15) is 5.41 Å². The van der Waals surface area contributed by atoms with Crippen molar-refractivity contribution in [3.05, 3.63) is 0 Å². The van der Waals surface area contributed by atoms with Gasteiger partial charge in [-0.25, -0.2) is 4.79 Å². The summed E-state index contributed by atoms with van der Waals surface area (Å²) in [6.45, 7) is 7.90. The van der Waals surface area contributed by atoms with Crippen molar-refractivity contribution in [3.63, 3.8) is 0 Å². The maximum atomic E-state index is 12.1. The third-order valence-corrected chi connectivity index (χ3v) is 4.12. The van der Waals surface area contributed by atoms with Gasteiger partial charge in [-0.2, -0.15) is 0 Å². The van der Waals surface area contributed by atoms with Crippen LogP contribution in [0, 0.1) is 17.3 Å². The average Bonchev–Trinajstić information content (AvgIpc) is 2.28. The van der Waals surface area contributed by atoms with Crippen LogP contribution in [0.4, 0.5) is 4.79 Å². The summed E-state index contributed by atoms with van der Waals surface area (Å²) in [6, 6.07) is -0.718. The SMILES string of the molecule is CCC(C)CC(C)C1(CC)C(=O)NC(=O)NC1=O. The van der Waals surface area contributed by atoms with Crippen molar-refractivity contribution in [1.82, 2.24) is 10.6 Å². The predicted octanol–water partition coefficient (Wildman–Crippen LogP) is 1.82. The van der Waals surface area contributed by atoms with Crippen LogP contribution in [0.15, 0.2) is 0 Å². The minimum atomic E-state index is -1.11. The Morgan fingerprint density at radius 2 is 1.56 bits per heavy atom. The summed E-state index contributed by atoms with van der Waals surface area (Å²) in [6.07, 6.45) is 2.20. The minimum Gasteiger partial charge on any atom is -0.277 e. The lowest BCUT2D eigenvalue weighted by Crippen LogP contribution is -2.64. The zero-order valence-electron chi connectivity index (χ0n) is 11.5. The summed E-state index contributed by atoms with van der Waals surface area (Å²) in [4.78, 5) is 35.3. The van der Waals surface area contributed by atoms with Crippen molar-refractivity contribution in [3.8, 4) is 0 Å².